The van der Waals surface area contributed by atoms with E-state index in [-0.39, 0.29) is 0 Å². The Morgan fingerprint density at radius 2 is 2.44 bits per heavy atom. The minimum absolute atomic E-state index is 0.373. The van der Waals surface area contributed by atoms with Crippen molar-refractivity contribution in [2.24, 2.45) is 0 Å². The molecule has 0 spiro atoms. The summed E-state index contributed by atoms with van der Waals surface area (Å²) in [5, 5.41) is 11.2. The maximum Gasteiger partial charge on any atom is 0.0824 e. The zero-order chi connectivity index (χ0) is 6.53. The van der Waals surface area contributed by atoms with Gasteiger partial charge in [0.25, 0.3) is 0 Å². The third kappa shape index (κ3) is 2.00. The molecular weight excluding hydrogens is 116 g/mol. The molecule has 1 rings (SSSR count). The van der Waals surface area contributed by atoms with Gasteiger partial charge in [0, 0.05) is 13.1 Å². The number of nitrogens with zero attached hydrogens (tertiary/aromatic N) is 1. The van der Waals surface area contributed by atoms with E-state index >= 15 is 0 Å². The lowest BCUT2D eigenvalue weighted by Gasteiger charge is -2.26. The zero-order valence-corrected chi connectivity index (χ0v) is 5.26. The molecule has 0 aromatic carbocycles. The van der Waals surface area contributed by atoms with Gasteiger partial charge in [-0.1, -0.05) is 0 Å². The summed E-state index contributed by atoms with van der Waals surface area (Å²) in [6.45, 7) is 2.49. The molecule has 1 fully saturated rings. The predicted octanol–water partition coefficient (Wildman–Crippen LogP) is -0.112. The predicted molar refractivity (Wildman–Crippen MR) is 32.8 cm³/mol. The van der Waals surface area contributed by atoms with Gasteiger partial charge in [0.2, 0.25) is 0 Å². The maximum atomic E-state index is 8.12. The van der Waals surface area contributed by atoms with Crippen molar-refractivity contribution in [1.82, 2.24) is 5.32 Å². The topological polar surface area (TPSA) is 45.0 Å². The van der Waals surface area contributed by atoms with Gasteiger partial charge in [0.1, 0.15) is 0 Å². The first kappa shape index (κ1) is 6.53. The lowest BCUT2D eigenvalue weighted by molar-refractivity contribution is 0.0222. The first-order valence-electron chi connectivity index (χ1n) is 3.13. The SMILES string of the molecule is N#CCCOC1CNC1. The van der Waals surface area contributed by atoms with Crippen LogP contribution in [0.15, 0.2) is 0 Å². The third-order valence-electron chi connectivity index (χ3n) is 1.31. The number of hydrogen-bond acceptors (Lipinski definition) is 3. The normalized spacial score (nSPS) is 18.6. The lowest BCUT2D eigenvalue weighted by atomic mass is 10.2. The summed E-state index contributed by atoms with van der Waals surface area (Å²) >= 11 is 0. The van der Waals surface area contributed by atoms with E-state index in [0.29, 0.717) is 19.1 Å². The Morgan fingerprint density at radius 1 is 1.67 bits per heavy atom. The number of nitrogens with one attached hydrogen (secondary N) is 1. The Kier molecular flexibility index (Phi) is 2.49. The smallest absolute Gasteiger partial charge is 0.0824 e. The van der Waals surface area contributed by atoms with Crippen molar-refractivity contribution < 1.29 is 4.74 Å². The van der Waals surface area contributed by atoms with Crippen LogP contribution in [0.5, 0.6) is 0 Å². The van der Waals surface area contributed by atoms with Gasteiger partial charge in [-0.15, -0.1) is 0 Å². The second kappa shape index (κ2) is 3.44. The van der Waals surface area contributed by atoms with Crippen molar-refractivity contribution in [3.63, 3.8) is 0 Å². The zero-order valence-electron chi connectivity index (χ0n) is 5.26. The Hall–Kier alpha value is -0.590. The van der Waals surface area contributed by atoms with Crippen LogP contribution < -0.4 is 5.32 Å². The summed E-state index contributed by atoms with van der Waals surface area (Å²) in [5.74, 6) is 0. The van der Waals surface area contributed by atoms with Gasteiger partial charge in [-0.05, 0) is 0 Å². The van der Waals surface area contributed by atoms with Crippen LogP contribution in [-0.2, 0) is 4.74 Å². The molecule has 3 heteroatoms. The van der Waals surface area contributed by atoms with Gasteiger partial charge < -0.3 is 10.1 Å². The third-order valence-corrected chi connectivity index (χ3v) is 1.31. The molecule has 0 bridgehead atoms. The van der Waals surface area contributed by atoms with E-state index in [2.05, 4.69) is 5.32 Å². The summed E-state index contributed by atoms with van der Waals surface area (Å²) < 4.78 is 5.23. The average Bonchev–Trinajstić information content (AvgIpc) is 1.76. The summed E-state index contributed by atoms with van der Waals surface area (Å²) in [4.78, 5) is 0. The monoisotopic (exact) mass is 126 g/mol. The second-order valence-corrected chi connectivity index (χ2v) is 2.06. The molecule has 0 aromatic heterocycles. The second-order valence-electron chi connectivity index (χ2n) is 2.06. The van der Waals surface area contributed by atoms with E-state index in [4.69, 9.17) is 10.00 Å². The van der Waals surface area contributed by atoms with Gasteiger partial charge >= 0.3 is 0 Å². The molecule has 1 aliphatic heterocycles. The fourth-order valence-corrected chi connectivity index (χ4v) is 0.651. The van der Waals surface area contributed by atoms with Gasteiger partial charge in [0.05, 0.1) is 25.2 Å². The number of hydrogen-bond donors (Lipinski definition) is 1. The van der Waals surface area contributed by atoms with E-state index < -0.39 is 0 Å². The molecule has 1 N–H and O–H groups in total. The van der Waals surface area contributed by atoms with Crippen molar-refractivity contribution in [2.75, 3.05) is 19.7 Å². The molecule has 0 unspecified atom stereocenters. The highest BCUT2D eigenvalue weighted by Crippen LogP contribution is 1.97. The molecule has 0 atom stereocenters. The van der Waals surface area contributed by atoms with Crippen LogP contribution in [0.1, 0.15) is 6.42 Å². The molecule has 1 heterocycles. The van der Waals surface area contributed by atoms with Crippen molar-refractivity contribution in [3.8, 4) is 6.07 Å². The van der Waals surface area contributed by atoms with E-state index in [1.807, 2.05) is 6.07 Å². The number of ether oxygens (including phenoxy) is 1. The minimum atomic E-state index is 0.373. The molecule has 3 nitrogen and oxygen atoms in total. The van der Waals surface area contributed by atoms with Crippen molar-refractivity contribution in [1.29, 1.82) is 5.26 Å². The highest BCUT2D eigenvalue weighted by atomic mass is 16.5. The highest BCUT2D eigenvalue weighted by molar-refractivity contribution is 4.76. The number of nitriles is 1. The van der Waals surface area contributed by atoms with Crippen LogP contribution in [-0.4, -0.2) is 25.8 Å². The number of rotatable bonds is 3. The molecule has 0 aromatic rings. The lowest BCUT2D eigenvalue weighted by Crippen LogP contribution is -2.48. The van der Waals surface area contributed by atoms with E-state index in [0.717, 1.165) is 13.1 Å². The Morgan fingerprint density at radius 3 is 2.89 bits per heavy atom. The Bertz CT molecular complexity index is 115. The van der Waals surface area contributed by atoms with Crippen molar-refractivity contribution in [3.05, 3.63) is 0 Å². The van der Waals surface area contributed by atoms with Crippen LogP contribution in [0.4, 0.5) is 0 Å². The van der Waals surface area contributed by atoms with Crippen LogP contribution in [0, 0.1) is 11.3 Å². The van der Waals surface area contributed by atoms with E-state index in [1.54, 1.807) is 0 Å². The average molecular weight is 126 g/mol. The van der Waals surface area contributed by atoms with Gasteiger partial charge in [-0.3, -0.25) is 0 Å². The van der Waals surface area contributed by atoms with E-state index in [1.165, 1.54) is 0 Å². The van der Waals surface area contributed by atoms with Gasteiger partial charge in [0.15, 0.2) is 0 Å². The van der Waals surface area contributed by atoms with Gasteiger partial charge in [-0.25, -0.2) is 0 Å². The molecule has 0 saturated carbocycles. The Balaban J connectivity index is 1.87. The molecule has 9 heavy (non-hydrogen) atoms. The standard InChI is InChI=1S/C6H10N2O/c7-2-1-3-9-6-4-8-5-6/h6,8H,1,3-5H2. The Labute approximate surface area is 54.6 Å². The largest absolute Gasteiger partial charge is 0.375 e. The molecule has 0 amide bonds. The quantitative estimate of drug-likeness (QED) is 0.536. The maximum absolute atomic E-state index is 8.12. The molecule has 0 aliphatic carbocycles. The molecule has 1 saturated heterocycles. The van der Waals surface area contributed by atoms with Crippen LogP contribution in [0.2, 0.25) is 0 Å². The molecule has 1 aliphatic rings. The molecule has 50 valence electrons. The summed E-state index contributed by atoms with van der Waals surface area (Å²) in [6.07, 6.45) is 0.884. The molecule has 0 radical (unpaired) electrons. The minimum Gasteiger partial charge on any atom is -0.375 e. The molecular formula is C6H10N2O. The summed E-state index contributed by atoms with van der Waals surface area (Å²) in [5.41, 5.74) is 0. The van der Waals surface area contributed by atoms with E-state index in [9.17, 15) is 0 Å². The van der Waals surface area contributed by atoms with Crippen molar-refractivity contribution >= 4 is 0 Å². The first-order valence-corrected chi connectivity index (χ1v) is 3.13. The summed E-state index contributed by atoms with van der Waals surface area (Å²) in [6, 6.07) is 2.03. The highest BCUT2D eigenvalue weighted by Gasteiger charge is 2.15. The first-order chi connectivity index (χ1) is 4.43. The van der Waals surface area contributed by atoms with Crippen LogP contribution in [0.3, 0.4) is 0 Å². The fourth-order valence-electron chi connectivity index (χ4n) is 0.651. The van der Waals surface area contributed by atoms with Crippen molar-refractivity contribution in [2.45, 2.75) is 12.5 Å². The summed E-state index contributed by atoms with van der Waals surface area (Å²) in [7, 11) is 0. The van der Waals surface area contributed by atoms with Gasteiger partial charge in [-0.2, -0.15) is 5.26 Å². The van der Waals surface area contributed by atoms with Crippen LogP contribution >= 0.6 is 0 Å². The van der Waals surface area contributed by atoms with Crippen LogP contribution in [0.25, 0.3) is 0 Å². The fraction of sp³-hybridized carbons (Fsp3) is 0.833.